The quantitative estimate of drug-likeness (QED) is 0.567. The molecule has 0 radical (unpaired) electrons. The zero-order valence-corrected chi connectivity index (χ0v) is 16.6. The molecule has 1 N–H and O–H groups in total. The van der Waals surface area contributed by atoms with E-state index in [9.17, 15) is 8.42 Å². The Hall–Kier alpha value is -1.61. The van der Waals surface area contributed by atoms with Gasteiger partial charge in [-0.15, -0.1) is 11.3 Å². The van der Waals surface area contributed by atoms with Gasteiger partial charge in [0, 0.05) is 16.4 Å². The van der Waals surface area contributed by atoms with Gasteiger partial charge in [0.15, 0.2) is 4.47 Å². The molecule has 0 fully saturated rings. The number of halogens is 2. The van der Waals surface area contributed by atoms with Crippen LogP contribution in [0.25, 0.3) is 0 Å². The Morgan fingerprint density at radius 2 is 1.96 bits per heavy atom. The number of hydrogen-bond acceptors (Lipinski definition) is 5. The minimum Gasteiger partial charge on any atom is -0.488 e. The molecule has 0 bridgehead atoms. The molecule has 9 heteroatoms. The zero-order valence-electron chi connectivity index (χ0n) is 12.6. The first-order valence-corrected chi connectivity index (χ1v) is 10.5. The lowest BCUT2D eigenvalue weighted by atomic mass is 10.3. The SMILES string of the molecule is O=S(=O)(Nc1cccc(Br)c1)c1ccc(OCc2cnc(Cl)s2)cc1. The van der Waals surface area contributed by atoms with E-state index in [0.717, 1.165) is 9.35 Å². The number of thiazole rings is 1. The van der Waals surface area contributed by atoms with E-state index in [1.807, 2.05) is 6.07 Å². The van der Waals surface area contributed by atoms with E-state index in [0.29, 0.717) is 22.5 Å². The van der Waals surface area contributed by atoms with Crippen LogP contribution in [0.15, 0.2) is 64.1 Å². The molecule has 130 valence electrons. The first kappa shape index (κ1) is 18.2. The second-order valence-electron chi connectivity index (χ2n) is 4.96. The summed E-state index contributed by atoms with van der Waals surface area (Å²) in [7, 11) is -3.66. The first-order chi connectivity index (χ1) is 11.9. The van der Waals surface area contributed by atoms with Gasteiger partial charge < -0.3 is 4.74 Å². The molecule has 0 saturated carbocycles. The fourth-order valence-corrected chi connectivity index (χ4v) is 4.33. The van der Waals surface area contributed by atoms with Gasteiger partial charge in [-0.3, -0.25) is 4.72 Å². The minimum absolute atomic E-state index is 0.153. The standard InChI is InChI=1S/C16H12BrClN2O3S2/c17-11-2-1-3-12(8-11)20-25(21,22)15-6-4-13(5-7-15)23-10-14-9-19-16(18)24-14/h1-9,20H,10H2. The lowest BCUT2D eigenvalue weighted by Crippen LogP contribution is -2.12. The highest BCUT2D eigenvalue weighted by molar-refractivity contribution is 9.10. The number of sulfonamides is 1. The maximum atomic E-state index is 12.4. The van der Waals surface area contributed by atoms with Crippen molar-refractivity contribution in [2.45, 2.75) is 11.5 Å². The highest BCUT2D eigenvalue weighted by Gasteiger charge is 2.14. The van der Waals surface area contributed by atoms with E-state index < -0.39 is 10.0 Å². The average molecular weight is 460 g/mol. The normalized spacial score (nSPS) is 11.3. The summed E-state index contributed by atoms with van der Waals surface area (Å²) < 4.78 is 34.2. The smallest absolute Gasteiger partial charge is 0.261 e. The van der Waals surface area contributed by atoms with E-state index in [4.69, 9.17) is 16.3 Å². The summed E-state index contributed by atoms with van der Waals surface area (Å²) in [5, 5.41) is 0. The van der Waals surface area contributed by atoms with Crippen molar-refractivity contribution in [1.82, 2.24) is 4.98 Å². The van der Waals surface area contributed by atoms with E-state index >= 15 is 0 Å². The van der Waals surface area contributed by atoms with E-state index in [2.05, 4.69) is 25.6 Å². The number of rotatable bonds is 6. The largest absolute Gasteiger partial charge is 0.488 e. The topological polar surface area (TPSA) is 68.3 Å². The van der Waals surface area contributed by atoms with Crippen LogP contribution in [0.3, 0.4) is 0 Å². The molecule has 0 saturated heterocycles. The molecule has 0 unspecified atom stereocenters. The molecule has 0 aliphatic carbocycles. The summed E-state index contributed by atoms with van der Waals surface area (Å²) >= 11 is 10.4. The van der Waals surface area contributed by atoms with Crippen molar-refractivity contribution in [2.75, 3.05) is 4.72 Å². The van der Waals surface area contributed by atoms with E-state index in [-0.39, 0.29) is 4.90 Å². The lowest BCUT2D eigenvalue weighted by molar-refractivity contribution is 0.309. The number of ether oxygens (including phenoxy) is 1. The molecule has 2 aromatic carbocycles. The molecule has 25 heavy (non-hydrogen) atoms. The number of anilines is 1. The van der Waals surface area contributed by atoms with Crippen LogP contribution in [0.1, 0.15) is 4.88 Å². The summed E-state index contributed by atoms with van der Waals surface area (Å²) in [6, 6.07) is 13.2. The molecule has 0 amide bonds. The van der Waals surface area contributed by atoms with Gasteiger partial charge in [-0.05, 0) is 42.5 Å². The van der Waals surface area contributed by atoms with Gasteiger partial charge in [-0.25, -0.2) is 13.4 Å². The Balaban J connectivity index is 1.68. The second kappa shape index (κ2) is 7.74. The highest BCUT2D eigenvalue weighted by Crippen LogP contribution is 2.23. The molecule has 3 aromatic rings. The Morgan fingerprint density at radius 3 is 2.60 bits per heavy atom. The molecule has 1 aromatic heterocycles. The van der Waals surface area contributed by atoms with Gasteiger partial charge in [0.25, 0.3) is 10.0 Å². The van der Waals surface area contributed by atoms with Gasteiger partial charge in [0.2, 0.25) is 0 Å². The van der Waals surface area contributed by atoms with Crippen molar-refractivity contribution in [3.05, 3.63) is 68.5 Å². The van der Waals surface area contributed by atoms with E-state index in [1.165, 1.54) is 23.5 Å². The fraction of sp³-hybridized carbons (Fsp3) is 0.0625. The summed E-state index contributed by atoms with van der Waals surface area (Å²) in [4.78, 5) is 4.97. The maximum Gasteiger partial charge on any atom is 0.261 e. The number of hydrogen-bond donors (Lipinski definition) is 1. The van der Waals surface area contributed by atoms with Crippen LogP contribution in [-0.4, -0.2) is 13.4 Å². The van der Waals surface area contributed by atoms with Crippen LogP contribution in [0, 0.1) is 0 Å². The summed E-state index contributed by atoms with van der Waals surface area (Å²) in [6.45, 7) is 0.326. The van der Waals surface area contributed by atoms with Gasteiger partial charge >= 0.3 is 0 Å². The van der Waals surface area contributed by atoms with Crippen LogP contribution in [0.2, 0.25) is 4.47 Å². The fourth-order valence-electron chi connectivity index (χ4n) is 1.99. The van der Waals surface area contributed by atoms with E-state index in [1.54, 1.807) is 36.5 Å². The first-order valence-electron chi connectivity index (χ1n) is 7.04. The van der Waals surface area contributed by atoms with Crippen LogP contribution in [-0.2, 0) is 16.6 Å². The molecule has 0 aliphatic rings. The highest BCUT2D eigenvalue weighted by atomic mass is 79.9. The predicted octanol–water partition coefficient (Wildman–Crippen LogP) is 4.94. The molecule has 0 atom stereocenters. The minimum atomic E-state index is -3.66. The molecule has 5 nitrogen and oxygen atoms in total. The van der Waals surface area contributed by atoms with Crippen molar-refractivity contribution < 1.29 is 13.2 Å². The molecule has 1 heterocycles. The third kappa shape index (κ3) is 4.94. The lowest BCUT2D eigenvalue weighted by Gasteiger charge is -2.09. The number of nitrogens with zero attached hydrogens (tertiary/aromatic N) is 1. The van der Waals surface area contributed by atoms with Crippen molar-refractivity contribution in [1.29, 1.82) is 0 Å². The van der Waals surface area contributed by atoms with Crippen molar-refractivity contribution in [3.63, 3.8) is 0 Å². The summed E-state index contributed by atoms with van der Waals surface area (Å²) in [5.74, 6) is 0.561. The monoisotopic (exact) mass is 458 g/mol. The Morgan fingerprint density at radius 1 is 1.20 bits per heavy atom. The van der Waals surface area contributed by atoms with Crippen molar-refractivity contribution in [3.8, 4) is 5.75 Å². The van der Waals surface area contributed by atoms with Crippen LogP contribution in [0.4, 0.5) is 5.69 Å². The second-order valence-corrected chi connectivity index (χ2v) is 9.25. The molecule has 0 aliphatic heterocycles. The van der Waals surface area contributed by atoms with Gasteiger partial charge in [0.1, 0.15) is 12.4 Å². The number of nitrogens with one attached hydrogen (secondary N) is 1. The van der Waals surface area contributed by atoms with Crippen molar-refractivity contribution >= 4 is 54.6 Å². The van der Waals surface area contributed by atoms with Crippen LogP contribution < -0.4 is 9.46 Å². The third-order valence-corrected chi connectivity index (χ3v) is 6.10. The maximum absolute atomic E-state index is 12.4. The average Bonchev–Trinajstić information content (AvgIpc) is 2.98. The van der Waals surface area contributed by atoms with Crippen LogP contribution in [0.5, 0.6) is 5.75 Å². The molecular formula is C16H12BrClN2O3S2. The molecule has 3 rings (SSSR count). The zero-order chi connectivity index (χ0) is 17.9. The van der Waals surface area contributed by atoms with Gasteiger partial charge in [-0.1, -0.05) is 33.6 Å². The molecule has 0 spiro atoms. The predicted molar refractivity (Wildman–Crippen MR) is 103 cm³/mol. The van der Waals surface area contributed by atoms with Gasteiger partial charge in [0.05, 0.1) is 9.77 Å². The Bertz CT molecular complexity index is 975. The summed E-state index contributed by atoms with van der Waals surface area (Å²) in [6.07, 6.45) is 1.65. The number of benzene rings is 2. The van der Waals surface area contributed by atoms with Gasteiger partial charge in [-0.2, -0.15) is 0 Å². The number of aromatic nitrogens is 1. The van der Waals surface area contributed by atoms with Crippen molar-refractivity contribution in [2.24, 2.45) is 0 Å². The third-order valence-electron chi connectivity index (χ3n) is 3.12. The Kier molecular flexibility index (Phi) is 5.63. The molecular weight excluding hydrogens is 448 g/mol. The summed E-state index contributed by atoms with van der Waals surface area (Å²) in [5.41, 5.74) is 0.483. The van der Waals surface area contributed by atoms with Crippen LogP contribution >= 0.6 is 38.9 Å². The Labute approximate surface area is 162 Å².